The molecule has 1 heterocycles. The zero-order chi connectivity index (χ0) is 20.3. The molecule has 0 spiro atoms. The number of guanidine groups is 1. The summed E-state index contributed by atoms with van der Waals surface area (Å²) >= 11 is 0. The highest BCUT2D eigenvalue weighted by Crippen LogP contribution is 2.20. The SMILES string of the molecule is CN=C(NCCOC1CCCCCC1)NCCc1coc(-c2ccc(F)cc2)n1. The molecule has 2 N–H and O–H groups in total. The van der Waals surface area contributed by atoms with Crippen LogP contribution in [0.2, 0.25) is 0 Å². The molecule has 158 valence electrons. The van der Waals surface area contributed by atoms with Crippen molar-refractivity contribution >= 4 is 5.96 Å². The second-order valence-corrected chi connectivity index (χ2v) is 7.31. The van der Waals surface area contributed by atoms with E-state index < -0.39 is 0 Å². The smallest absolute Gasteiger partial charge is 0.226 e. The number of oxazole rings is 1. The maximum absolute atomic E-state index is 13.0. The third-order valence-electron chi connectivity index (χ3n) is 5.09. The first-order chi connectivity index (χ1) is 14.2. The van der Waals surface area contributed by atoms with Crippen LogP contribution in [0, 0.1) is 5.82 Å². The van der Waals surface area contributed by atoms with Crippen LogP contribution in [0.15, 0.2) is 39.9 Å². The number of halogens is 1. The van der Waals surface area contributed by atoms with Gasteiger partial charge in [0.05, 0.1) is 18.4 Å². The van der Waals surface area contributed by atoms with Crippen molar-refractivity contribution in [3.8, 4) is 11.5 Å². The molecule has 1 fully saturated rings. The predicted molar refractivity (Wildman–Crippen MR) is 112 cm³/mol. The minimum Gasteiger partial charge on any atom is -0.444 e. The van der Waals surface area contributed by atoms with Gasteiger partial charge in [0.15, 0.2) is 5.96 Å². The van der Waals surface area contributed by atoms with Crippen molar-refractivity contribution in [1.29, 1.82) is 0 Å². The number of benzene rings is 1. The first-order valence-corrected chi connectivity index (χ1v) is 10.5. The van der Waals surface area contributed by atoms with Crippen LogP contribution in [-0.2, 0) is 11.2 Å². The lowest BCUT2D eigenvalue weighted by molar-refractivity contribution is 0.0468. The van der Waals surface area contributed by atoms with Gasteiger partial charge >= 0.3 is 0 Å². The number of nitrogens with zero attached hydrogens (tertiary/aromatic N) is 2. The van der Waals surface area contributed by atoms with Crippen LogP contribution in [0.4, 0.5) is 4.39 Å². The summed E-state index contributed by atoms with van der Waals surface area (Å²) in [4.78, 5) is 8.70. The summed E-state index contributed by atoms with van der Waals surface area (Å²) in [6.07, 6.45) is 10.4. The summed E-state index contributed by atoms with van der Waals surface area (Å²) in [6.45, 7) is 2.10. The highest BCUT2D eigenvalue weighted by Gasteiger charge is 2.12. The molecular formula is C22H31FN4O2. The van der Waals surface area contributed by atoms with Gasteiger partial charge in [-0.1, -0.05) is 25.7 Å². The van der Waals surface area contributed by atoms with Gasteiger partial charge in [-0.2, -0.15) is 0 Å². The molecule has 0 aliphatic heterocycles. The lowest BCUT2D eigenvalue weighted by Crippen LogP contribution is -2.40. The van der Waals surface area contributed by atoms with Crippen molar-refractivity contribution in [3.05, 3.63) is 42.0 Å². The molecule has 0 atom stereocenters. The quantitative estimate of drug-likeness (QED) is 0.303. The van der Waals surface area contributed by atoms with E-state index in [9.17, 15) is 4.39 Å². The normalized spacial score (nSPS) is 15.9. The highest BCUT2D eigenvalue weighted by molar-refractivity contribution is 5.79. The van der Waals surface area contributed by atoms with E-state index in [1.807, 2.05) is 0 Å². The summed E-state index contributed by atoms with van der Waals surface area (Å²) in [5.74, 6) is 0.970. The Balaban J connectivity index is 1.34. The van der Waals surface area contributed by atoms with Gasteiger partial charge in [0.2, 0.25) is 5.89 Å². The topological polar surface area (TPSA) is 71.7 Å². The molecule has 2 aromatic rings. The Hall–Kier alpha value is -2.41. The van der Waals surface area contributed by atoms with Crippen LogP contribution in [0.3, 0.4) is 0 Å². The number of hydrogen-bond donors (Lipinski definition) is 2. The lowest BCUT2D eigenvalue weighted by Gasteiger charge is -2.16. The third kappa shape index (κ3) is 7.16. The van der Waals surface area contributed by atoms with E-state index in [-0.39, 0.29) is 5.82 Å². The van der Waals surface area contributed by atoms with Crippen LogP contribution < -0.4 is 10.6 Å². The molecule has 3 rings (SSSR count). The van der Waals surface area contributed by atoms with E-state index in [1.54, 1.807) is 25.4 Å². The van der Waals surface area contributed by atoms with Crippen LogP contribution >= 0.6 is 0 Å². The van der Waals surface area contributed by atoms with Crippen molar-refractivity contribution in [3.63, 3.8) is 0 Å². The Morgan fingerprint density at radius 3 is 2.59 bits per heavy atom. The Labute approximate surface area is 172 Å². The van der Waals surface area contributed by atoms with Crippen LogP contribution in [0.1, 0.15) is 44.2 Å². The second kappa shape index (κ2) is 11.6. The predicted octanol–water partition coefficient (Wildman–Crippen LogP) is 3.93. The zero-order valence-corrected chi connectivity index (χ0v) is 17.1. The minimum absolute atomic E-state index is 0.275. The minimum atomic E-state index is -0.275. The first-order valence-electron chi connectivity index (χ1n) is 10.5. The van der Waals surface area contributed by atoms with Gasteiger partial charge in [-0.3, -0.25) is 4.99 Å². The maximum Gasteiger partial charge on any atom is 0.226 e. The summed E-state index contributed by atoms with van der Waals surface area (Å²) < 4.78 is 24.5. The molecular weight excluding hydrogens is 371 g/mol. The van der Waals surface area contributed by atoms with Gasteiger partial charge in [0.25, 0.3) is 0 Å². The van der Waals surface area contributed by atoms with Crippen LogP contribution in [0.5, 0.6) is 0 Å². The third-order valence-corrected chi connectivity index (χ3v) is 5.09. The van der Waals surface area contributed by atoms with E-state index in [4.69, 9.17) is 9.15 Å². The molecule has 0 radical (unpaired) electrons. The van der Waals surface area contributed by atoms with E-state index >= 15 is 0 Å². The number of rotatable bonds is 8. The Morgan fingerprint density at radius 2 is 1.86 bits per heavy atom. The van der Waals surface area contributed by atoms with E-state index in [2.05, 4.69) is 20.6 Å². The fraction of sp³-hybridized carbons (Fsp3) is 0.545. The van der Waals surface area contributed by atoms with E-state index in [1.165, 1.54) is 50.7 Å². The van der Waals surface area contributed by atoms with Gasteiger partial charge in [0, 0.05) is 32.1 Å². The molecule has 0 bridgehead atoms. The fourth-order valence-electron chi connectivity index (χ4n) is 3.48. The Kier molecular flexibility index (Phi) is 8.49. The molecule has 1 aliphatic rings. The van der Waals surface area contributed by atoms with Gasteiger partial charge in [-0.05, 0) is 37.1 Å². The van der Waals surface area contributed by atoms with Crippen molar-refractivity contribution < 1.29 is 13.5 Å². The zero-order valence-electron chi connectivity index (χ0n) is 17.1. The molecule has 0 unspecified atom stereocenters. The molecule has 1 aromatic heterocycles. The van der Waals surface area contributed by atoms with Crippen molar-refractivity contribution in [2.75, 3.05) is 26.7 Å². The molecule has 1 aliphatic carbocycles. The summed E-state index contributed by atoms with van der Waals surface area (Å²) in [7, 11) is 1.75. The summed E-state index contributed by atoms with van der Waals surface area (Å²) in [5.41, 5.74) is 1.60. The van der Waals surface area contributed by atoms with E-state index in [0.29, 0.717) is 31.6 Å². The number of hydrogen-bond acceptors (Lipinski definition) is 4. The van der Waals surface area contributed by atoms with Crippen molar-refractivity contribution in [2.24, 2.45) is 4.99 Å². The molecule has 0 saturated heterocycles. The van der Waals surface area contributed by atoms with Crippen molar-refractivity contribution in [1.82, 2.24) is 15.6 Å². The van der Waals surface area contributed by atoms with Gasteiger partial charge in [0.1, 0.15) is 12.1 Å². The summed E-state index contributed by atoms with van der Waals surface area (Å²) in [6, 6.07) is 6.12. The first kappa shape index (κ1) is 21.3. The Bertz CT molecular complexity index is 752. The monoisotopic (exact) mass is 402 g/mol. The molecule has 0 amide bonds. The average molecular weight is 403 g/mol. The molecule has 7 heteroatoms. The number of nitrogens with one attached hydrogen (secondary N) is 2. The molecule has 29 heavy (non-hydrogen) atoms. The molecule has 1 saturated carbocycles. The van der Waals surface area contributed by atoms with Gasteiger partial charge < -0.3 is 19.8 Å². The van der Waals surface area contributed by atoms with Crippen molar-refractivity contribution in [2.45, 2.75) is 51.0 Å². The summed E-state index contributed by atoms with van der Waals surface area (Å²) in [5, 5.41) is 6.56. The number of ether oxygens (including phenoxy) is 1. The van der Waals surface area contributed by atoms with E-state index in [0.717, 1.165) is 23.8 Å². The molecule has 6 nitrogen and oxygen atoms in total. The average Bonchev–Trinajstić information content (AvgIpc) is 3.05. The Morgan fingerprint density at radius 1 is 1.14 bits per heavy atom. The molecule has 1 aromatic carbocycles. The van der Waals surface area contributed by atoms with Crippen LogP contribution in [-0.4, -0.2) is 43.8 Å². The lowest BCUT2D eigenvalue weighted by atomic mass is 10.1. The fourth-order valence-corrected chi connectivity index (χ4v) is 3.48. The second-order valence-electron chi connectivity index (χ2n) is 7.31. The largest absolute Gasteiger partial charge is 0.444 e. The standard InChI is InChI=1S/C22H31FN4O2/c1-24-22(26-14-15-28-20-6-4-2-3-5-7-20)25-13-12-19-16-29-21(27-19)17-8-10-18(23)11-9-17/h8-11,16,20H,2-7,12-15H2,1H3,(H2,24,25,26). The maximum atomic E-state index is 13.0. The van der Waals surface area contributed by atoms with Crippen LogP contribution in [0.25, 0.3) is 11.5 Å². The van der Waals surface area contributed by atoms with Gasteiger partial charge in [-0.25, -0.2) is 9.37 Å². The van der Waals surface area contributed by atoms with Gasteiger partial charge in [-0.15, -0.1) is 0 Å². The highest BCUT2D eigenvalue weighted by atomic mass is 19.1. The number of aliphatic imine (C=N–C) groups is 1. The number of aromatic nitrogens is 1.